The molecule has 27 heavy (non-hydrogen) atoms. The third-order valence-corrected chi connectivity index (χ3v) is 5.62. The molecule has 1 N–H and O–H groups in total. The van der Waals surface area contributed by atoms with Crippen LogP contribution in [0.4, 0.5) is 5.82 Å². The molecule has 2 heterocycles. The Labute approximate surface area is 164 Å². The molecular formula is C19H19BrN4O3. The minimum absolute atomic E-state index is 0.0373. The van der Waals surface area contributed by atoms with Crippen molar-refractivity contribution in [2.24, 2.45) is 5.92 Å². The second kappa shape index (κ2) is 6.92. The van der Waals surface area contributed by atoms with Crippen molar-refractivity contribution < 1.29 is 14.4 Å². The number of rotatable bonds is 6. The van der Waals surface area contributed by atoms with Gasteiger partial charge in [0.2, 0.25) is 5.91 Å². The van der Waals surface area contributed by atoms with Crippen LogP contribution in [0.15, 0.2) is 34.9 Å². The van der Waals surface area contributed by atoms with Crippen LogP contribution in [0.5, 0.6) is 0 Å². The molecule has 0 spiro atoms. The molecule has 1 aromatic carbocycles. The Morgan fingerprint density at radius 1 is 1.26 bits per heavy atom. The van der Waals surface area contributed by atoms with Gasteiger partial charge in [0.15, 0.2) is 0 Å². The topological polar surface area (TPSA) is 84.3 Å². The lowest BCUT2D eigenvalue weighted by molar-refractivity contribution is -0.116. The number of aromatic nitrogens is 2. The second-order valence-electron chi connectivity index (χ2n) is 6.99. The van der Waals surface area contributed by atoms with E-state index >= 15 is 0 Å². The van der Waals surface area contributed by atoms with E-state index in [1.165, 1.54) is 12.8 Å². The number of hydrogen-bond donors (Lipinski definition) is 1. The van der Waals surface area contributed by atoms with Crippen molar-refractivity contribution in [2.45, 2.75) is 32.2 Å². The molecule has 140 valence electrons. The Bertz CT molecular complexity index is 935. The fourth-order valence-corrected chi connectivity index (χ4v) is 3.76. The molecule has 1 aliphatic heterocycles. The van der Waals surface area contributed by atoms with E-state index in [1.54, 1.807) is 30.5 Å². The van der Waals surface area contributed by atoms with Crippen molar-refractivity contribution in [3.63, 3.8) is 0 Å². The van der Waals surface area contributed by atoms with Gasteiger partial charge in [-0.15, -0.1) is 0 Å². The molecule has 0 bridgehead atoms. The molecule has 8 heteroatoms. The molecule has 3 amide bonds. The Balaban J connectivity index is 1.38. The summed E-state index contributed by atoms with van der Waals surface area (Å²) in [6, 6.07) is 6.98. The zero-order valence-electron chi connectivity index (χ0n) is 14.8. The lowest BCUT2D eigenvalue weighted by Gasteiger charge is -2.16. The first kappa shape index (κ1) is 17.9. The molecule has 7 nitrogen and oxygen atoms in total. The van der Waals surface area contributed by atoms with E-state index in [0.29, 0.717) is 22.9 Å². The van der Waals surface area contributed by atoms with Gasteiger partial charge in [-0.05, 0) is 43.9 Å². The van der Waals surface area contributed by atoms with E-state index in [4.69, 9.17) is 0 Å². The Hall–Kier alpha value is -2.48. The monoisotopic (exact) mass is 430 g/mol. The summed E-state index contributed by atoms with van der Waals surface area (Å²) in [6.45, 7) is 2.14. The van der Waals surface area contributed by atoms with Crippen LogP contribution in [0.25, 0.3) is 0 Å². The SMILES string of the molecule is CC(C1CC1)n1nccc1NC(=O)CCN1C(=O)c2ccc(Br)cc2C1=O. The molecule has 2 aliphatic rings. The van der Waals surface area contributed by atoms with Crippen molar-refractivity contribution in [2.75, 3.05) is 11.9 Å². The highest BCUT2D eigenvalue weighted by atomic mass is 79.9. The van der Waals surface area contributed by atoms with Gasteiger partial charge in [0.1, 0.15) is 5.82 Å². The maximum Gasteiger partial charge on any atom is 0.261 e. The van der Waals surface area contributed by atoms with Gasteiger partial charge < -0.3 is 5.32 Å². The van der Waals surface area contributed by atoms with Crippen LogP contribution in [-0.2, 0) is 4.79 Å². The molecule has 1 unspecified atom stereocenters. The van der Waals surface area contributed by atoms with Crippen LogP contribution >= 0.6 is 15.9 Å². The largest absolute Gasteiger partial charge is 0.311 e. The summed E-state index contributed by atoms with van der Waals surface area (Å²) in [5, 5.41) is 7.15. The van der Waals surface area contributed by atoms with Crippen LogP contribution in [0.1, 0.15) is 52.9 Å². The van der Waals surface area contributed by atoms with Gasteiger partial charge in [0, 0.05) is 23.5 Å². The van der Waals surface area contributed by atoms with Gasteiger partial charge in [-0.1, -0.05) is 15.9 Å². The summed E-state index contributed by atoms with van der Waals surface area (Å²) in [5.74, 6) is 0.278. The van der Waals surface area contributed by atoms with Gasteiger partial charge >= 0.3 is 0 Å². The lowest BCUT2D eigenvalue weighted by Crippen LogP contribution is -2.33. The van der Waals surface area contributed by atoms with Crippen molar-refractivity contribution in [3.05, 3.63) is 46.1 Å². The summed E-state index contributed by atoms with van der Waals surface area (Å²) >= 11 is 3.31. The smallest absolute Gasteiger partial charge is 0.261 e. The van der Waals surface area contributed by atoms with Crippen LogP contribution in [0.3, 0.4) is 0 Å². The predicted molar refractivity (Wildman–Crippen MR) is 102 cm³/mol. The number of amides is 3. The maximum atomic E-state index is 12.5. The van der Waals surface area contributed by atoms with E-state index in [2.05, 4.69) is 33.3 Å². The molecular weight excluding hydrogens is 412 g/mol. The van der Waals surface area contributed by atoms with Crippen molar-refractivity contribution >= 4 is 39.5 Å². The van der Waals surface area contributed by atoms with Crippen LogP contribution in [0, 0.1) is 5.92 Å². The number of nitrogens with zero attached hydrogens (tertiary/aromatic N) is 3. The molecule has 2 aromatic rings. The average molecular weight is 431 g/mol. The Morgan fingerprint density at radius 3 is 2.74 bits per heavy atom. The van der Waals surface area contributed by atoms with Crippen LogP contribution in [0.2, 0.25) is 0 Å². The zero-order chi connectivity index (χ0) is 19.1. The number of hydrogen-bond acceptors (Lipinski definition) is 4. The summed E-state index contributed by atoms with van der Waals surface area (Å²) in [7, 11) is 0. The Kier molecular flexibility index (Phi) is 4.59. The summed E-state index contributed by atoms with van der Waals surface area (Å²) in [6.07, 6.45) is 4.07. The first-order chi connectivity index (χ1) is 13.0. The number of carbonyl (C=O) groups is 3. The number of benzene rings is 1. The highest BCUT2D eigenvalue weighted by molar-refractivity contribution is 9.10. The molecule has 1 saturated carbocycles. The summed E-state index contributed by atoms with van der Waals surface area (Å²) in [4.78, 5) is 38.4. The predicted octanol–water partition coefficient (Wildman–Crippen LogP) is 3.24. The minimum Gasteiger partial charge on any atom is -0.311 e. The lowest BCUT2D eigenvalue weighted by atomic mass is 10.1. The number of carbonyl (C=O) groups excluding carboxylic acids is 3. The van der Waals surface area contributed by atoms with Gasteiger partial charge in [-0.2, -0.15) is 5.10 Å². The number of nitrogens with one attached hydrogen (secondary N) is 1. The first-order valence-corrected chi connectivity index (χ1v) is 9.74. The highest BCUT2D eigenvalue weighted by Gasteiger charge is 2.35. The molecule has 1 atom stereocenters. The standard InChI is InChI=1S/C19H19BrN4O3/c1-11(12-2-3-12)24-16(6-8-21-24)22-17(25)7-9-23-18(26)14-5-4-13(20)10-15(14)19(23)27/h4-6,8,10-12H,2-3,7,9H2,1H3,(H,22,25). The molecule has 1 aliphatic carbocycles. The summed E-state index contributed by atoms with van der Waals surface area (Å²) in [5.41, 5.74) is 0.742. The Morgan fingerprint density at radius 2 is 2.00 bits per heavy atom. The molecule has 1 aromatic heterocycles. The molecule has 0 saturated heterocycles. The molecule has 0 radical (unpaired) electrons. The van der Waals surface area contributed by atoms with Crippen molar-refractivity contribution in [3.8, 4) is 0 Å². The van der Waals surface area contributed by atoms with Crippen molar-refractivity contribution in [1.29, 1.82) is 0 Å². The van der Waals surface area contributed by atoms with Crippen LogP contribution < -0.4 is 5.32 Å². The number of imide groups is 1. The molecule has 1 fully saturated rings. The van der Waals surface area contributed by atoms with E-state index in [1.807, 2.05) is 4.68 Å². The minimum atomic E-state index is -0.364. The van der Waals surface area contributed by atoms with Gasteiger partial charge in [-0.25, -0.2) is 4.68 Å². The number of fused-ring (bicyclic) bond motifs is 1. The summed E-state index contributed by atoms with van der Waals surface area (Å²) < 4.78 is 2.56. The third kappa shape index (κ3) is 3.41. The fraction of sp³-hybridized carbons (Fsp3) is 0.368. The molecule has 4 rings (SSSR count). The van der Waals surface area contributed by atoms with Crippen LogP contribution in [-0.4, -0.2) is 38.9 Å². The quantitative estimate of drug-likeness (QED) is 0.712. The van der Waals surface area contributed by atoms with E-state index < -0.39 is 0 Å². The number of anilines is 1. The first-order valence-electron chi connectivity index (χ1n) is 8.95. The van der Waals surface area contributed by atoms with Gasteiger partial charge in [0.05, 0.1) is 23.4 Å². The van der Waals surface area contributed by atoms with Gasteiger partial charge in [-0.3, -0.25) is 19.3 Å². The second-order valence-corrected chi connectivity index (χ2v) is 7.90. The zero-order valence-corrected chi connectivity index (χ0v) is 16.4. The number of halogens is 1. The van der Waals surface area contributed by atoms with Gasteiger partial charge in [0.25, 0.3) is 11.8 Å². The normalized spacial score (nSPS) is 17.2. The van der Waals surface area contributed by atoms with E-state index in [-0.39, 0.29) is 36.7 Å². The van der Waals surface area contributed by atoms with E-state index in [0.717, 1.165) is 9.37 Å². The average Bonchev–Trinajstić information content (AvgIpc) is 3.35. The third-order valence-electron chi connectivity index (χ3n) is 5.12. The fourth-order valence-electron chi connectivity index (χ4n) is 3.40. The highest BCUT2D eigenvalue weighted by Crippen LogP contribution is 2.40. The maximum absolute atomic E-state index is 12.5. The van der Waals surface area contributed by atoms with Crippen molar-refractivity contribution in [1.82, 2.24) is 14.7 Å². The van der Waals surface area contributed by atoms with E-state index in [9.17, 15) is 14.4 Å².